The molecule has 0 aliphatic heterocycles. The highest BCUT2D eigenvalue weighted by molar-refractivity contribution is 14.1. The predicted octanol–water partition coefficient (Wildman–Crippen LogP) is 3.39. The standard InChI is InChI=1S/C10H11BrIN/c11-7-4-5-8(12)10-6(7)2-1-3-9(10)13/h4-5,9H,1-3,13H2. The van der Waals surface area contributed by atoms with Crippen molar-refractivity contribution in [1.29, 1.82) is 0 Å². The first-order valence-electron chi connectivity index (χ1n) is 4.42. The van der Waals surface area contributed by atoms with Crippen LogP contribution in [-0.4, -0.2) is 0 Å². The van der Waals surface area contributed by atoms with Crippen LogP contribution in [0.1, 0.15) is 30.0 Å². The van der Waals surface area contributed by atoms with Gasteiger partial charge in [0.25, 0.3) is 0 Å². The van der Waals surface area contributed by atoms with Crippen LogP contribution in [-0.2, 0) is 6.42 Å². The Bertz CT molecular complexity index is 338. The quantitative estimate of drug-likeness (QED) is 0.712. The Morgan fingerprint density at radius 3 is 2.92 bits per heavy atom. The van der Waals surface area contributed by atoms with Crippen molar-refractivity contribution in [2.45, 2.75) is 25.3 Å². The molecule has 3 heteroatoms. The highest BCUT2D eigenvalue weighted by atomic mass is 127. The molecule has 1 aromatic rings. The first-order valence-corrected chi connectivity index (χ1v) is 6.29. The van der Waals surface area contributed by atoms with Crippen molar-refractivity contribution in [3.8, 4) is 0 Å². The Morgan fingerprint density at radius 1 is 1.46 bits per heavy atom. The largest absolute Gasteiger partial charge is 0.324 e. The third-order valence-electron chi connectivity index (χ3n) is 2.56. The molecule has 1 aliphatic carbocycles. The molecule has 1 aliphatic rings. The SMILES string of the molecule is NC1CCCc2c(Br)ccc(I)c21. The number of nitrogens with two attached hydrogens (primary N) is 1. The minimum Gasteiger partial charge on any atom is -0.324 e. The zero-order valence-electron chi connectivity index (χ0n) is 7.19. The van der Waals surface area contributed by atoms with E-state index in [0.29, 0.717) is 0 Å². The lowest BCUT2D eigenvalue weighted by molar-refractivity contribution is 0.566. The summed E-state index contributed by atoms with van der Waals surface area (Å²) in [5, 5.41) is 0. The molecule has 0 saturated heterocycles. The molecule has 1 aromatic carbocycles. The van der Waals surface area contributed by atoms with Gasteiger partial charge in [-0.3, -0.25) is 0 Å². The summed E-state index contributed by atoms with van der Waals surface area (Å²) in [7, 11) is 0. The maximum absolute atomic E-state index is 6.09. The zero-order chi connectivity index (χ0) is 9.42. The predicted molar refractivity (Wildman–Crippen MR) is 66.7 cm³/mol. The molecule has 1 atom stereocenters. The molecule has 0 aromatic heterocycles. The van der Waals surface area contributed by atoms with E-state index in [0.717, 1.165) is 6.42 Å². The van der Waals surface area contributed by atoms with Crippen molar-refractivity contribution in [1.82, 2.24) is 0 Å². The molecular formula is C10H11BrIN. The Labute approximate surface area is 100 Å². The second kappa shape index (κ2) is 3.87. The fourth-order valence-electron chi connectivity index (χ4n) is 1.91. The van der Waals surface area contributed by atoms with E-state index in [1.807, 2.05) is 0 Å². The van der Waals surface area contributed by atoms with Crippen LogP contribution in [0.25, 0.3) is 0 Å². The average Bonchev–Trinajstić information content (AvgIpc) is 2.12. The van der Waals surface area contributed by atoms with E-state index >= 15 is 0 Å². The van der Waals surface area contributed by atoms with Crippen molar-refractivity contribution in [2.75, 3.05) is 0 Å². The molecule has 0 amide bonds. The average molecular weight is 352 g/mol. The van der Waals surface area contributed by atoms with Crippen LogP contribution < -0.4 is 5.73 Å². The number of halogens is 2. The first kappa shape index (κ1) is 9.93. The monoisotopic (exact) mass is 351 g/mol. The molecule has 0 spiro atoms. The lowest BCUT2D eigenvalue weighted by Gasteiger charge is -2.24. The summed E-state index contributed by atoms with van der Waals surface area (Å²) in [5.41, 5.74) is 8.87. The van der Waals surface area contributed by atoms with E-state index in [4.69, 9.17) is 5.73 Å². The smallest absolute Gasteiger partial charge is 0.0308 e. The van der Waals surface area contributed by atoms with Gasteiger partial charge in [0.05, 0.1) is 0 Å². The minimum atomic E-state index is 0.244. The highest BCUT2D eigenvalue weighted by Crippen LogP contribution is 2.35. The molecule has 0 heterocycles. The van der Waals surface area contributed by atoms with Crippen molar-refractivity contribution < 1.29 is 0 Å². The van der Waals surface area contributed by atoms with Crippen LogP contribution in [0.4, 0.5) is 0 Å². The summed E-state index contributed by atoms with van der Waals surface area (Å²) in [6.07, 6.45) is 3.51. The van der Waals surface area contributed by atoms with Crippen LogP contribution in [0.15, 0.2) is 16.6 Å². The van der Waals surface area contributed by atoms with Gasteiger partial charge in [-0.1, -0.05) is 15.9 Å². The topological polar surface area (TPSA) is 26.0 Å². The lowest BCUT2D eigenvalue weighted by Crippen LogP contribution is -2.19. The van der Waals surface area contributed by atoms with Crippen molar-refractivity contribution in [3.05, 3.63) is 31.3 Å². The number of fused-ring (bicyclic) bond motifs is 1. The zero-order valence-corrected chi connectivity index (χ0v) is 10.9. The van der Waals surface area contributed by atoms with E-state index in [-0.39, 0.29) is 6.04 Å². The van der Waals surface area contributed by atoms with Crippen molar-refractivity contribution in [3.63, 3.8) is 0 Å². The van der Waals surface area contributed by atoms with Crippen molar-refractivity contribution in [2.24, 2.45) is 5.73 Å². The summed E-state index contributed by atoms with van der Waals surface area (Å²) in [6.45, 7) is 0. The van der Waals surface area contributed by atoms with Crippen LogP contribution >= 0.6 is 38.5 Å². The van der Waals surface area contributed by atoms with Gasteiger partial charge < -0.3 is 5.73 Å². The van der Waals surface area contributed by atoms with E-state index in [1.54, 1.807) is 0 Å². The van der Waals surface area contributed by atoms with Crippen LogP contribution in [0, 0.1) is 3.57 Å². The van der Waals surface area contributed by atoms with Gasteiger partial charge in [0, 0.05) is 14.1 Å². The summed E-state index contributed by atoms with van der Waals surface area (Å²) in [5.74, 6) is 0. The van der Waals surface area contributed by atoms with Gasteiger partial charge in [-0.2, -0.15) is 0 Å². The summed E-state index contributed by atoms with van der Waals surface area (Å²) < 4.78 is 2.53. The van der Waals surface area contributed by atoms with Crippen LogP contribution in [0.2, 0.25) is 0 Å². The fourth-order valence-corrected chi connectivity index (χ4v) is 3.36. The third kappa shape index (κ3) is 1.78. The van der Waals surface area contributed by atoms with Gasteiger partial charge in [0.2, 0.25) is 0 Å². The summed E-state index contributed by atoms with van der Waals surface area (Å²) in [6, 6.07) is 4.50. The number of benzene rings is 1. The molecule has 1 nitrogen and oxygen atoms in total. The van der Waals surface area contributed by atoms with E-state index in [2.05, 4.69) is 50.7 Å². The molecule has 0 fully saturated rings. The Kier molecular flexibility index (Phi) is 2.95. The van der Waals surface area contributed by atoms with Gasteiger partial charge in [0.1, 0.15) is 0 Å². The van der Waals surface area contributed by atoms with Gasteiger partial charge in [-0.15, -0.1) is 0 Å². The molecule has 2 rings (SSSR count). The molecule has 13 heavy (non-hydrogen) atoms. The molecule has 0 saturated carbocycles. The number of hydrogen-bond acceptors (Lipinski definition) is 1. The normalized spacial score (nSPS) is 21.3. The maximum atomic E-state index is 6.09. The molecule has 0 radical (unpaired) electrons. The minimum absolute atomic E-state index is 0.244. The maximum Gasteiger partial charge on any atom is 0.0308 e. The van der Waals surface area contributed by atoms with Gasteiger partial charge in [0.15, 0.2) is 0 Å². The van der Waals surface area contributed by atoms with Crippen molar-refractivity contribution >= 4 is 38.5 Å². The van der Waals surface area contributed by atoms with E-state index in [9.17, 15) is 0 Å². The van der Waals surface area contributed by atoms with Gasteiger partial charge >= 0.3 is 0 Å². The summed E-state index contributed by atoms with van der Waals surface area (Å²) >= 11 is 5.96. The molecule has 70 valence electrons. The highest BCUT2D eigenvalue weighted by Gasteiger charge is 2.20. The Balaban J connectivity index is 2.60. The summed E-state index contributed by atoms with van der Waals surface area (Å²) in [4.78, 5) is 0. The molecule has 2 N–H and O–H groups in total. The third-order valence-corrected chi connectivity index (χ3v) is 4.24. The second-order valence-electron chi connectivity index (χ2n) is 3.42. The van der Waals surface area contributed by atoms with E-state index in [1.165, 1.54) is 32.0 Å². The van der Waals surface area contributed by atoms with E-state index < -0.39 is 0 Å². The lowest BCUT2D eigenvalue weighted by atomic mass is 9.88. The first-order chi connectivity index (χ1) is 6.20. The molecular weight excluding hydrogens is 341 g/mol. The molecule has 0 bridgehead atoms. The van der Waals surface area contributed by atoms with Crippen LogP contribution in [0.5, 0.6) is 0 Å². The van der Waals surface area contributed by atoms with Gasteiger partial charge in [-0.25, -0.2) is 0 Å². The molecule has 1 unspecified atom stereocenters. The fraction of sp³-hybridized carbons (Fsp3) is 0.400. The Hall–Kier alpha value is 0.390. The number of hydrogen-bond donors (Lipinski definition) is 1. The van der Waals surface area contributed by atoms with Gasteiger partial charge in [-0.05, 0) is 65.1 Å². The van der Waals surface area contributed by atoms with Crippen LogP contribution in [0.3, 0.4) is 0 Å². The second-order valence-corrected chi connectivity index (χ2v) is 5.44. The Morgan fingerprint density at radius 2 is 2.23 bits per heavy atom. The number of rotatable bonds is 0.